The molecule has 0 aliphatic rings. The molecule has 0 bridgehead atoms. The van der Waals surface area contributed by atoms with E-state index < -0.39 is 10.1 Å². The van der Waals surface area contributed by atoms with Crippen molar-refractivity contribution in [2.75, 3.05) is 0 Å². The summed E-state index contributed by atoms with van der Waals surface area (Å²) >= 11 is 0. The fourth-order valence-corrected chi connectivity index (χ4v) is 0.577. The highest BCUT2D eigenvalue weighted by Crippen LogP contribution is 1.86. The lowest BCUT2D eigenvalue weighted by Crippen LogP contribution is -1.87. The van der Waals surface area contributed by atoms with Gasteiger partial charge in [0.15, 0.2) is 0 Å². The zero-order valence-corrected chi connectivity index (χ0v) is 6.07. The van der Waals surface area contributed by atoms with Crippen molar-refractivity contribution in [1.29, 1.82) is 0 Å². The molecule has 0 unspecified atom stereocenters. The summed E-state index contributed by atoms with van der Waals surface area (Å²) in [6.45, 7) is 3.36. The van der Waals surface area contributed by atoms with Gasteiger partial charge in [0.25, 0.3) is 10.1 Å². The lowest BCUT2D eigenvalue weighted by molar-refractivity contribution is 0.494. The molecule has 9 heavy (non-hydrogen) atoms. The number of hydrogen-bond acceptors (Lipinski definition) is 2. The van der Waals surface area contributed by atoms with Crippen molar-refractivity contribution >= 4 is 10.1 Å². The van der Waals surface area contributed by atoms with Crippen LogP contribution in [0.25, 0.3) is 0 Å². The molecule has 0 spiro atoms. The van der Waals surface area contributed by atoms with E-state index in [0.29, 0.717) is 11.0 Å². The van der Waals surface area contributed by atoms with Crippen LogP contribution < -0.4 is 0 Å². The Labute approximate surface area is 54.4 Å². The molecule has 4 heteroatoms. The minimum atomic E-state index is -3.98. The lowest BCUT2D eigenvalue weighted by atomic mass is 10.4. The Balaban J connectivity index is 4.58. The molecule has 0 aromatic heterocycles. The zero-order valence-electron chi connectivity index (χ0n) is 5.25. The second kappa shape index (κ2) is 2.82. The Morgan fingerprint density at radius 2 is 2.00 bits per heavy atom. The molecule has 0 rings (SSSR count). The van der Waals surface area contributed by atoms with E-state index in [-0.39, 0.29) is 0 Å². The first kappa shape index (κ1) is 8.43. The number of hydrogen-bond donors (Lipinski definition) is 1. The van der Waals surface area contributed by atoms with Gasteiger partial charge in [-0.25, -0.2) is 0 Å². The standard InChI is InChI=1S/C5H8O3S/c1-5(2)3-4-9(6,7)8/h4H,1-2H3,(H,6,7,8). The topological polar surface area (TPSA) is 54.4 Å². The van der Waals surface area contributed by atoms with Gasteiger partial charge in [-0.15, -0.1) is 5.73 Å². The molecule has 0 amide bonds. The molecule has 52 valence electrons. The molecular formula is C5H8O3S. The van der Waals surface area contributed by atoms with Gasteiger partial charge < -0.3 is 0 Å². The predicted molar refractivity (Wildman–Crippen MR) is 34.5 cm³/mol. The molecule has 0 heterocycles. The van der Waals surface area contributed by atoms with Crippen LogP contribution >= 0.6 is 0 Å². The van der Waals surface area contributed by atoms with Gasteiger partial charge in [-0.2, -0.15) is 8.42 Å². The normalized spacial score (nSPS) is 10.1. The quantitative estimate of drug-likeness (QED) is 0.445. The van der Waals surface area contributed by atoms with Gasteiger partial charge in [-0.3, -0.25) is 4.55 Å². The largest absolute Gasteiger partial charge is 0.294 e. The van der Waals surface area contributed by atoms with E-state index in [2.05, 4.69) is 5.73 Å². The molecule has 0 aromatic carbocycles. The molecule has 0 aliphatic carbocycles. The van der Waals surface area contributed by atoms with Crippen molar-refractivity contribution in [3.8, 4) is 0 Å². The molecule has 0 fully saturated rings. The fourth-order valence-electron chi connectivity index (χ4n) is 0.192. The van der Waals surface area contributed by atoms with Crippen LogP contribution in [0.2, 0.25) is 0 Å². The first-order valence-corrected chi connectivity index (χ1v) is 3.79. The van der Waals surface area contributed by atoms with Crippen LogP contribution in [0.1, 0.15) is 13.8 Å². The van der Waals surface area contributed by atoms with Crippen molar-refractivity contribution in [2.24, 2.45) is 0 Å². The predicted octanol–water partition coefficient (Wildman–Crippen LogP) is 0.953. The van der Waals surface area contributed by atoms with Gasteiger partial charge >= 0.3 is 0 Å². The van der Waals surface area contributed by atoms with Crippen LogP contribution in [-0.2, 0) is 10.1 Å². The maximum absolute atomic E-state index is 9.96. The highest BCUT2D eigenvalue weighted by molar-refractivity contribution is 7.88. The van der Waals surface area contributed by atoms with Gasteiger partial charge in [-0.05, 0) is 19.4 Å². The minimum Gasteiger partial charge on any atom is -0.282 e. The summed E-state index contributed by atoms with van der Waals surface area (Å²) in [7, 11) is -3.98. The van der Waals surface area contributed by atoms with E-state index in [1.807, 2.05) is 0 Å². The molecule has 3 nitrogen and oxygen atoms in total. The smallest absolute Gasteiger partial charge is 0.282 e. The van der Waals surface area contributed by atoms with Crippen LogP contribution in [0.3, 0.4) is 0 Å². The van der Waals surface area contributed by atoms with E-state index in [4.69, 9.17) is 4.55 Å². The Morgan fingerprint density at radius 3 is 2.11 bits per heavy atom. The van der Waals surface area contributed by atoms with Crippen molar-refractivity contribution in [1.82, 2.24) is 0 Å². The molecule has 0 aliphatic heterocycles. The Hall–Kier alpha value is -0.570. The third-order valence-corrected chi connectivity index (χ3v) is 0.912. The van der Waals surface area contributed by atoms with Gasteiger partial charge in [0.2, 0.25) is 0 Å². The monoisotopic (exact) mass is 148 g/mol. The molecule has 0 saturated heterocycles. The molecule has 0 radical (unpaired) electrons. The van der Waals surface area contributed by atoms with E-state index >= 15 is 0 Å². The summed E-state index contributed by atoms with van der Waals surface area (Å²) in [5.74, 6) is 0. The van der Waals surface area contributed by atoms with Crippen LogP contribution in [0.15, 0.2) is 16.7 Å². The second-order valence-electron chi connectivity index (χ2n) is 1.78. The van der Waals surface area contributed by atoms with Crippen LogP contribution in [-0.4, -0.2) is 13.0 Å². The molecule has 0 saturated carbocycles. The second-order valence-corrected chi connectivity index (χ2v) is 3.04. The average Bonchev–Trinajstić information content (AvgIpc) is 1.59. The summed E-state index contributed by atoms with van der Waals surface area (Å²) in [6, 6.07) is 0. The number of rotatable bonds is 1. The van der Waals surface area contributed by atoms with E-state index in [1.165, 1.54) is 0 Å². The maximum atomic E-state index is 9.96. The maximum Gasteiger partial charge on any atom is 0.294 e. The molecular weight excluding hydrogens is 140 g/mol. The van der Waals surface area contributed by atoms with Crippen LogP contribution in [0, 0.1) is 0 Å². The van der Waals surface area contributed by atoms with Gasteiger partial charge in [0, 0.05) is 0 Å². The van der Waals surface area contributed by atoms with Crippen LogP contribution in [0.5, 0.6) is 0 Å². The Morgan fingerprint density at radius 1 is 1.56 bits per heavy atom. The van der Waals surface area contributed by atoms with Crippen molar-refractivity contribution in [3.63, 3.8) is 0 Å². The van der Waals surface area contributed by atoms with Gasteiger partial charge in [0.1, 0.15) is 0 Å². The lowest BCUT2D eigenvalue weighted by Gasteiger charge is -1.78. The van der Waals surface area contributed by atoms with E-state index in [1.54, 1.807) is 13.8 Å². The van der Waals surface area contributed by atoms with Crippen molar-refractivity contribution in [3.05, 3.63) is 16.7 Å². The molecule has 1 N–H and O–H groups in total. The molecule has 0 atom stereocenters. The zero-order chi connectivity index (χ0) is 7.49. The average molecular weight is 148 g/mol. The third-order valence-electron chi connectivity index (χ3n) is 0.497. The third kappa shape index (κ3) is 7.43. The summed E-state index contributed by atoms with van der Waals surface area (Å²) in [4.78, 5) is 0. The van der Waals surface area contributed by atoms with Crippen LogP contribution in [0.4, 0.5) is 0 Å². The summed E-state index contributed by atoms with van der Waals surface area (Å²) < 4.78 is 28.0. The Kier molecular flexibility index (Phi) is 2.65. The van der Waals surface area contributed by atoms with E-state index in [9.17, 15) is 8.42 Å². The van der Waals surface area contributed by atoms with Gasteiger partial charge in [-0.1, -0.05) is 0 Å². The first-order valence-electron chi connectivity index (χ1n) is 2.29. The molecule has 0 aromatic rings. The summed E-state index contributed by atoms with van der Waals surface area (Å²) in [5, 5.41) is 0.627. The number of allylic oxidation sites excluding steroid dienone is 1. The van der Waals surface area contributed by atoms with E-state index in [0.717, 1.165) is 0 Å². The summed E-state index contributed by atoms with van der Waals surface area (Å²) in [5.41, 5.74) is 3.04. The summed E-state index contributed by atoms with van der Waals surface area (Å²) in [6.07, 6.45) is 0. The fraction of sp³-hybridized carbons (Fsp3) is 0.400. The Bertz CT molecular complexity index is 237. The SMILES string of the molecule is CC(C)=C=CS(=O)(=O)O. The van der Waals surface area contributed by atoms with Crippen molar-refractivity contribution < 1.29 is 13.0 Å². The highest BCUT2D eigenvalue weighted by atomic mass is 32.2. The van der Waals surface area contributed by atoms with Crippen molar-refractivity contribution in [2.45, 2.75) is 13.8 Å². The van der Waals surface area contributed by atoms with Gasteiger partial charge in [0.05, 0.1) is 5.41 Å². The highest BCUT2D eigenvalue weighted by Gasteiger charge is 1.91. The first-order chi connectivity index (χ1) is 3.92. The minimum absolute atomic E-state index is 0.627.